The fraction of sp³-hybridized carbons (Fsp3) is 0.176. The number of amides is 1. The Bertz CT molecular complexity index is 700. The molecule has 0 aliphatic rings. The van der Waals surface area contributed by atoms with E-state index in [0.29, 0.717) is 18.1 Å². The van der Waals surface area contributed by atoms with Crippen molar-refractivity contribution in [2.24, 2.45) is 4.99 Å². The molecule has 0 saturated heterocycles. The number of aliphatic hydroxyl groups excluding tert-OH is 1. The maximum absolute atomic E-state index is 12.1. The quantitative estimate of drug-likeness (QED) is 0.481. The summed E-state index contributed by atoms with van der Waals surface area (Å²) in [4.78, 5) is 16.3. The highest BCUT2D eigenvalue weighted by Crippen LogP contribution is 2.10. The van der Waals surface area contributed by atoms with Gasteiger partial charge in [-0.05, 0) is 30.7 Å². The number of benzene rings is 1. The molecule has 1 aromatic heterocycles. The van der Waals surface area contributed by atoms with Gasteiger partial charge >= 0.3 is 0 Å². The van der Waals surface area contributed by atoms with Gasteiger partial charge in [0.1, 0.15) is 5.76 Å². The van der Waals surface area contributed by atoms with Crippen molar-refractivity contribution in [3.05, 3.63) is 70.3 Å². The van der Waals surface area contributed by atoms with Crippen molar-refractivity contribution in [1.29, 1.82) is 0 Å². The summed E-state index contributed by atoms with van der Waals surface area (Å²) in [5.74, 6) is -0.486. The van der Waals surface area contributed by atoms with Crippen LogP contribution in [0.1, 0.15) is 18.1 Å². The van der Waals surface area contributed by atoms with E-state index in [-0.39, 0.29) is 11.3 Å². The van der Waals surface area contributed by atoms with Crippen LogP contribution in [0.5, 0.6) is 0 Å². The summed E-state index contributed by atoms with van der Waals surface area (Å²) in [5, 5.41) is 13.0. The van der Waals surface area contributed by atoms with Crippen molar-refractivity contribution in [3.63, 3.8) is 0 Å². The van der Waals surface area contributed by atoms with Crippen LogP contribution in [0, 0.1) is 0 Å². The third kappa shape index (κ3) is 5.30. The summed E-state index contributed by atoms with van der Waals surface area (Å²) in [6, 6.07) is 9.02. The lowest BCUT2D eigenvalue weighted by Gasteiger charge is -2.05. The molecule has 0 radical (unpaired) electrons. The van der Waals surface area contributed by atoms with Crippen LogP contribution in [-0.4, -0.2) is 17.2 Å². The minimum absolute atomic E-state index is 0.0884. The van der Waals surface area contributed by atoms with Crippen LogP contribution in [0.2, 0.25) is 5.02 Å². The molecule has 5 nitrogen and oxygen atoms in total. The minimum atomic E-state index is -0.397. The average Bonchev–Trinajstić information content (AvgIpc) is 3.04. The number of carbonyl (C=O) groups is 1. The second-order valence-electron chi connectivity index (χ2n) is 4.91. The van der Waals surface area contributed by atoms with Crippen molar-refractivity contribution in [3.8, 4) is 0 Å². The normalized spacial score (nSPS) is 12.3. The van der Waals surface area contributed by atoms with Crippen molar-refractivity contribution in [1.82, 2.24) is 5.32 Å². The smallest absolute Gasteiger partial charge is 0.256 e. The van der Waals surface area contributed by atoms with Gasteiger partial charge in [-0.2, -0.15) is 0 Å². The molecule has 1 amide bonds. The van der Waals surface area contributed by atoms with E-state index in [9.17, 15) is 9.90 Å². The summed E-state index contributed by atoms with van der Waals surface area (Å²) in [5.41, 5.74) is 1.92. The summed E-state index contributed by atoms with van der Waals surface area (Å²) >= 11 is 5.82. The highest BCUT2D eigenvalue weighted by atomic mass is 35.5. The van der Waals surface area contributed by atoms with Gasteiger partial charge < -0.3 is 14.8 Å². The van der Waals surface area contributed by atoms with Crippen molar-refractivity contribution in [2.45, 2.75) is 20.0 Å². The number of halogens is 1. The Labute approximate surface area is 139 Å². The second kappa shape index (κ2) is 8.19. The van der Waals surface area contributed by atoms with Crippen LogP contribution in [0.3, 0.4) is 0 Å². The molecule has 0 fully saturated rings. The second-order valence-corrected chi connectivity index (χ2v) is 5.35. The van der Waals surface area contributed by atoms with E-state index in [2.05, 4.69) is 10.3 Å². The predicted molar refractivity (Wildman–Crippen MR) is 89.5 cm³/mol. The largest absolute Gasteiger partial charge is 0.512 e. The van der Waals surface area contributed by atoms with Gasteiger partial charge in [-0.3, -0.25) is 9.79 Å². The molecule has 2 aromatic rings. The van der Waals surface area contributed by atoms with E-state index in [1.165, 1.54) is 19.4 Å². The van der Waals surface area contributed by atoms with Gasteiger partial charge in [-0.1, -0.05) is 23.7 Å². The first-order chi connectivity index (χ1) is 11.1. The van der Waals surface area contributed by atoms with Crippen LogP contribution in [-0.2, 0) is 17.9 Å². The molecule has 0 saturated carbocycles. The Morgan fingerprint density at radius 1 is 1.30 bits per heavy atom. The first-order valence-corrected chi connectivity index (χ1v) is 7.37. The number of hydrogen-bond acceptors (Lipinski definition) is 4. The topological polar surface area (TPSA) is 74.8 Å². The lowest BCUT2D eigenvalue weighted by molar-refractivity contribution is -0.117. The van der Waals surface area contributed by atoms with E-state index in [4.69, 9.17) is 16.0 Å². The van der Waals surface area contributed by atoms with Gasteiger partial charge in [0.15, 0.2) is 0 Å². The predicted octanol–water partition coefficient (Wildman–Crippen LogP) is 3.65. The lowest BCUT2D eigenvalue weighted by Crippen LogP contribution is -2.25. The summed E-state index contributed by atoms with van der Waals surface area (Å²) in [6.45, 7) is 2.15. The van der Waals surface area contributed by atoms with Crippen molar-refractivity contribution < 1.29 is 14.3 Å². The number of allylic oxidation sites excluding steroid dienone is 1. The standard InChI is InChI=1S/C17H17ClN2O3/c1-12(21)16(17(22)20-9-14-6-7-23-11-14)10-19-8-13-2-4-15(18)5-3-13/h2-7,10-11,21H,8-9H2,1H3,(H,20,22)/b16-12-,19-10?. The first-order valence-electron chi connectivity index (χ1n) is 6.99. The number of rotatable bonds is 6. The van der Waals surface area contributed by atoms with Crippen LogP contribution in [0.25, 0.3) is 0 Å². The summed E-state index contributed by atoms with van der Waals surface area (Å²) in [6.07, 6.45) is 4.45. The minimum Gasteiger partial charge on any atom is -0.512 e. The maximum atomic E-state index is 12.1. The van der Waals surface area contributed by atoms with Gasteiger partial charge in [-0.25, -0.2) is 0 Å². The van der Waals surface area contributed by atoms with Gasteiger partial charge in [0, 0.05) is 23.3 Å². The molecule has 120 valence electrons. The number of aliphatic hydroxyl groups is 1. The number of nitrogens with one attached hydrogen (secondary N) is 1. The third-order valence-electron chi connectivity index (χ3n) is 3.08. The summed E-state index contributed by atoms with van der Waals surface area (Å²) < 4.78 is 4.93. The summed E-state index contributed by atoms with van der Waals surface area (Å²) in [7, 11) is 0. The maximum Gasteiger partial charge on any atom is 0.256 e. The number of carbonyl (C=O) groups excluding carboxylic acids is 1. The lowest BCUT2D eigenvalue weighted by atomic mass is 10.2. The molecule has 1 heterocycles. The number of furan rings is 1. The third-order valence-corrected chi connectivity index (χ3v) is 3.33. The first kappa shape index (κ1) is 16.8. The molecule has 0 aliphatic carbocycles. The molecular formula is C17H17ClN2O3. The molecule has 1 aromatic carbocycles. The highest BCUT2D eigenvalue weighted by Gasteiger charge is 2.10. The number of nitrogens with zero attached hydrogens (tertiary/aromatic N) is 1. The van der Waals surface area contributed by atoms with Gasteiger partial charge in [0.05, 0.1) is 24.6 Å². The Balaban J connectivity index is 1.95. The SMILES string of the molecule is C/C(O)=C(\C=NCc1ccc(Cl)cc1)C(=O)NCc1ccoc1. The van der Waals surface area contributed by atoms with E-state index >= 15 is 0 Å². The Morgan fingerprint density at radius 2 is 2.04 bits per heavy atom. The zero-order chi connectivity index (χ0) is 16.7. The molecular weight excluding hydrogens is 316 g/mol. The molecule has 23 heavy (non-hydrogen) atoms. The van der Waals surface area contributed by atoms with Crippen LogP contribution in [0.4, 0.5) is 0 Å². The Kier molecular flexibility index (Phi) is 6.00. The fourth-order valence-electron chi connectivity index (χ4n) is 1.82. The molecule has 0 bridgehead atoms. The van der Waals surface area contributed by atoms with Crippen LogP contribution in [0.15, 0.2) is 63.6 Å². The molecule has 0 aliphatic heterocycles. The highest BCUT2D eigenvalue weighted by molar-refractivity contribution is 6.30. The van der Waals surface area contributed by atoms with Crippen molar-refractivity contribution in [2.75, 3.05) is 0 Å². The van der Waals surface area contributed by atoms with Gasteiger partial charge in [0.2, 0.25) is 0 Å². The van der Waals surface area contributed by atoms with E-state index in [1.54, 1.807) is 24.5 Å². The monoisotopic (exact) mass is 332 g/mol. The van der Waals surface area contributed by atoms with E-state index in [0.717, 1.165) is 11.1 Å². The zero-order valence-corrected chi connectivity index (χ0v) is 13.4. The Morgan fingerprint density at radius 3 is 2.65 bits per heavy atom. The zero-order valence-electron chi connectivity index (χ0n) is 12.6. The van der Waals surface area contributed by atoms with Gasteiger partial charge in [-0.15, -0.1) is 0 Å². The molecule has 6 heteroatoms. The average molecular weight is 333 g/mol. The van der Waals surface area contributed by atoms with Crippen LogP contribution < -0.4 is 5.32 Å². The molecule has 0 spiro atoms. The fourth-order valence-corrected chi connectivity index (χ4v) is 1.95. The van der Waals surface area contributed by atoms with Crippen molar-refractivity contribution >= 4 is 23.7 Å². The number of hydrogen-bond donors (Lipinski definition) is 2. The molecule has 0 atom stereocenters. The molecule has 2 N–H and O–H groups in total. The molecule has 0 unspecified atom stereocenters. The van der Waals surface area contributed by atoms with E-state index in [1.807, 2.05) is 12.1 Å². The van der Waals surface area contributed by atoms with Gasteiger partial charge in [0.25, 0.3) is 5.91 Å². The molecule has 2 rings (SSSR count). The Hall–Kier alpha value is -2.53. The van der Waals surface area contributed by atoms with Crippen LogP contribution >= 0.6 is 11.6 Å². The number of aliphatic imine (C=N–C) groups is 1. The van der Waals surface area contributed by atoms with E-state index < -0.39 is 5.91 Å².